The van der Waals surface area contributed by atoms with Crippen LogP contribution in [-0.4, -0.2) is 42.8 Å². The highest BCUT2D eigenvalue weighted by atomic mass is 35.5. The van der Waals surface area contributed by atoms with Gasteiger partial charge in [0.25, 0.3) is 0 Å². The molecule has 3 aromatic rings. The smallest absolute Gasteiger partial charge is 0.146 e. The van der Waals surface area contributed by atoms with Crippen LogP contribution in [0.25, 0.3) is 0 Å². The zero-order chi connectivity index (χ0) is 23.9. The molecule has 0 aliphatic carbocycles. The molecule has 0 aromatic heterocycles. The number of aliphatic hydroxyl groups is 1. The highest BCUT2D eigenvalue weighted by Gasteiger charge is 2.30. The van der Waals surface area contributed by atoms with Crippen molar-refractivity contribution < 1.29 is 9.50 Å². The predicted octanol–water partition coefficient (Wildman–Crippen LogP) is 5.38. The summed E-state index contributed by atoms with van der Waals surface area (Å²) in [4.78, 5) is 4.58. The summed E-state index contributed by atoms with van der Waals surface area (Å²) >= 11 is 6.13. The summed E-state index contributed by atoms with van der Waals surface area (Å²) in [5.74, 6) is -0.222. The first-order valence-electron chi connectivity index (χ1n) is 11.7. The van der Waals surface area contributed by atoms with Gasteiger partial charge in [-0.1, -0.05) is 41.9 Å². The maximum absolute atomic E-state index is 15.2. The number of rotatable bonds is 8. The standard InChI is InChI=1S/C28H29ClFN3O/c29-25-10-8-24(9-11-25)28-20-32(14-13-21-3-5-23(19-31)6-4-21)15-16-33(28)27-12-7-22(2-1-17-34)18-26(27)30/h3-12,18,28,34H,1-2,13-17,20H2/t28-/m0/s1. The van der Waals surface area contributed by atoms with Crippen LogP contribution in [0.1, 0.15) is 34.7 Å². The van der Waals surface area contributed by atoms with Gasteiger partial charge < -0.3 is 10.0 Å². The highest BCUT2D eigenvalue weighted by molar-refractivity contribution is 6.30. The van der Waals surface area contributed by atoms with Gasteiger partial charge in [0.15, 0.2) is 0 Å². The van der Waals surface area contributed by atoms with Crippen molar-refractivity contribution in [3.63, 3.8) is 0 Å². The Morgan fingerprint density at radius 2 is 1.71 bits per heavy atom. The van der Waals surface area contributed by atoms with E-state index >= 15 is 4.39 Å². The zero-order valence-electron chi connectivity index (χ0n) is 19.1. The van der Waals surface area contributed by atoms with E-state index in [9.17, 15) is 0 Å². The second-order valence-electron chi connectivity index (χ2n) is 8.73. The Morgan fingerprint density at radius 3 is 2.38 bits per heavy atom. The Hall–Kier alpha value is -2.91. The molecule has 0 amide bonds. The third-order valence-electron chi connectivity index (χ3n) is 6.46. The van der Waals surface area contributed by atoms with Crippen LogP contribution in [0.3, 0.4) is 0 Å². The number of hydrogen-bond donors (Lipinski definition) is 1. The third kappa shape index (κ3) is 5.95. The number of halogens is 2. The molecule has 6 heteroatoms. The number of piperazine rings is 1. The minimum Gasteiger partial charge on any atom is -0.396 e. The molecule has 0 saturated carbocycles. The Bertz CT molecular complexity index is 1130. The first-order valence-corrected chi connectivity index (χ1v) is 12.1. The molecule has 1 aliphatic rings. The molecule has 1 N–H and O–H groups in total. The van der Waals surface area contributed by atoms with E-state index in [0.29, 0.717) is 35.7 Å². The predicted molar refractivity (Wildman–Crippen MR) is 135 cm³/mol. The highest BCUT2D eigenvalue weighted by Crippen LogP contribution is 2.33. The van der Waals surface area contributed by atoms with Gasteiger partial charge in [0.05, 0.1) is 23.4 Å². The van der Waals surface area contributed by atoms with Crippen molar-refractivity contribution in [2.75, 3.05) is 37.7 Å². The van der Waals surface area contributed by atoms with Gasteiger partial charge in [-0.3, -0.25) is 4.90 Å². The van der Waals surface area contributed by atoms with Crippen LogP contribution in [0.15, 0.2) is 66.7 Å². The summed E-state index contributed by atoms with van der Waals surface area (Å²) in [7, 11) is 0. The van der Waals surface area contributed by atoms with Crippen molar-refractivity contribution in [2.45, 2.75) is 25.3 Å². The molecule has 1 saturated heterocycles. The summed E-state index contributed by atoms with van der Waals surface area (Å²) in [6, 6.07) is 23.2. The lowest BCUT2D eigenvalue weighted by molar-refractivity contribution is 0.225. The van der Waals surface area contributed by atoms with Gasteiger partial charge in [-0.15, -0.1) is 0 Å². The summed E-state index contributed by atoms with van der Waals surface area (Å²) in [5, 5.41) is 18.8. The summed E-state index contributed by atoms with van der Waals surface area (Å²) < 4.78 is 15.2. The van der Waals surface area contributed by atoms with E-state index in [-0.39, 0.29) is 18.5 Å². The van der Waals surface area contributed by atoms with Crippen molar-refractivity contribution in [1.29, 1.82) is 5.26 Å². The Kier molecular flexibility index (Phi) is 8.18. The van der Waals surface area contributed by atoms with Gasteiger partial charge in [-0.2, -0.15) is 5.26 Å². The maximum Gasteiger partial charge on any atom is 0.146 e. The fraction of sp³-hybridized carbons (Fsp3) is 0.321. The molecule has 34 heavy (non-hydrogen) atoms. The molecule has 1 aliphatic heterocycles. The average molecular weight is 478 g/mol. The second kappa shape index (κ2) is 11.5. The largest absolute Gasteiger partial charge is 0.396 e. The van der Waals surface area contributed by atoms with Gasteiger partial charge in [0, 0.05) is 37.8 Å². The van der Waals surface area contributed by atoms with E-state index in [2.05, 4.69) is 15.9 Å². The first kappa shape index (κ1) is 24.2. The van der Waals surface area contributed by atoms with Crippen LogP contribution in [0.4, 0.5) is 10.1 Å². The number of nitriles is 1. The fourth-order valence-corrected chi connectivity index (χ4v) is 4.68. The molecule has 0 unspecified atom stereocenters. The van der Waals surface area contributed by atoms with Crippen molar-refractivity contribution >= 4 is 17.3 Å². The Balaban J connectivity index is 1.52. The molecule has 1 atom stereocenters. The molecule has 0 radical (unpaired) electrons. The molecular weight excluding hydrogens is 449 g/mol. The van der Waals surface area contributed by atoms with Gasteiger partial charge >= 0.3 is 0 Å². The van der Waals surface area contributed by atoms with E-state index in [0.717, 1.165) is 37.2 Å². The van der Waals surface area contributed by atoms with E-state index in [1.165, 1.54) is 5.56 Å². The van der Waals surface area contributed by atoms with Gasteiger partial charge in [-0.25, -0.2) is 4.39 Å². The van der Waals surface area contributed by atoms with Crippen molar-refractivity contribution in [3.05, 3.63) is 99.8 Å². The molecule has 0 spiro atoms. The fourth-order valence-electron chi connectivity index (χ4n) is 4.56. The monoisotopic (exact) mass is 477 g/mol. The van der Waals surface area contributed by atoms with Gasteiger partial charge in [0.2, 0.25) is 0 Å². The lowest BCUT2D eigenvalue weighted by atomic mass is 10.00. The maximum atomic E-state index is 15.2. The van der Waals surface area contributed by atoms with E-state index in [1.54, 1.807) is 6.07 Å². The quantitative estimate of drug-likeness (QED) is 0.473. The van der Waals surface area contributed by atoms with Crippen molar-refractivity contribution in [2.24, 2.45) is 0 Å². The Labute approximate surface area is 205 Å². The van der Waals surface area contributed by atoms with Gasteiger partial charge in [-0.05, 0) is 72.4 Å². The number of nitrogens with zero attached hydrogens (tertiary/aromatic N) is 3. The molecule has 1 heterocycles. The number of aliphatic hydroxyl groups excluding tert-OH is 1. The second-order valence-corrected chi connectivity index (χ2v) is 9.17. The molecule has 176 valence electrons. The number of aryl methyl sites for hydroxylation is 1. The minimum atomic E-state index is -0.222. The summed E-state index contributed by atoms with van der Waals surface area (Å²) in [6.45, 7) is 3.34. The van der Waals surface area contributed by atoms with Crippen LogP contribution in [0, 0.1) is 17.1 Å². The lowest BCUT2D eigenvalue weighted by Gasteiger charge is -2.43. The molecule has 4 rings (SSSR count). The van der Waals surface area contributed by atoms with Crippen LogP contribution in [0.5, 0.6) is 0 Å². The third-order valence-corrected chi connectivity index (χ3v) is 6.72. The minimum absolute atomic E-state index is 0.00442. The lowest BCUT2D eigenvalue weighted by Crippen LogP contribution is -2.49. The molecule has 0 bridgehead atoms. The average Bonchev–Trinajstić information content (AvgIpc) is 2.87. The van der Waals surface area contributed by atoms with Gasteiger partial charge in [0.1, 0.15) is 5.82 Å². The normalized spacial score (nSPS) is 16.4. The van der Waals surface area contributed by atoms with Crippen LogP contribution in [-0.2, 0) is 12.8 Å². The van der Waals surface area contributed by atoms with E-state index in [1.807, 2.05) is 60.7 Å². The molecule has 3 aromatic carbocycles. The zero-order valence-corrected chi connectivity index (χ0v) is 19.9. The van der Waals surface area contributed by atoms with Crippen LogP contribution < -0.4 is 4.90 Å². The summed E-state index contributed by atoms with van der Waals surface area (Å²) in [6.07, 6.45) is 2.19. The van der Waals surface area contributed by atoms with Crippen molar-refractivity contribution in [3.8, 4) is 6.07 Å². The van der Waals surface area contributed by atoms with Crippen LogP contribution >= 0.6 is 11.6 Å². The molecular formula is C28H29ClFN3O. The van der Waals surface area contributed by atoms with E-state index in [4.69, 9.17) is 22.0 Å². The SMILES string of the molecule is N#Cc1ccc(CCN2CCN(c3ccc(CCCO)cc3F)[C@H](c3ccc(Cl)cc3)C2)cc1. The number of hydrogen-bond acceptors (Lipinski definition) is 4. The molecule has 1 fully saturated rings. The first-order chi connectivity index (χ1) is 16.6. The summed E-state index contributed by atoms with van der Waals surface area (Å²) in [5.41, 5.74) is 4.49. The van der Waals surface area contributed by atoms with Crippen LogP contribution in [0.2, 0.25) is 5.02 Å². The Morgan fingerprint density at radius 1 is 0.971 bits per heavy atom. The molecule has 4 nitrogen and oxygen atoms in total. The number of anilines is 1. The number of benzene rings is 3. The van der Waals surface area contributed by atoms with Crippen molar-refractivity contribution in [1.82, 2.24) is 4.90 Å². The topological polar surface area (TPSA) is 50.5 Å². The van der Waals surface area contributed by atoms with E-state index < -0.39 is 0 Å².